The fourth-order valence-corrected chi connectivity index (χ4v) is 2.51. The van der Waals surface area contributed by atoms with Crippen LogP contribution in [0.5, 0.6) is 0 Å². The normalized spacial score (nSPS) is 11.8. The Morgan fingerprint density at radius 2 is 1.11 bits per heavy atom. The summed E-state index contributed by atoms with van der Waals surface area (Å²) >= 11 is 0. The molecule has 158 valence electrons. The molecule has 0 aliphatic carbocycles. The molecule has 0 rings (SSSR count). The van der Waals surface area contributed by atoms with Gasteiger partial charge in [0.05, 0.1) is 0 Å². The second-order valence-electron chi connectivity index (χ2n) is 9.02. The Morgan fingerprint density at radius 3 is 1.48 bits per heavy atom. The second kappa shape index (κ2) is 12.8. The lowest BCUT2D eigenvalue weighted by molar-refractivity contribution is 0.00118. The Morgan fingerprint density at radius 1 is 0.741 bits per heavy atom. The first-order valence-corrected chi connectivity index (χ1v) is 10.3. The molecule has 0 N–H and O–H groups in total. The average molecular weight is 384 g/mol. The van der Waals surface area contributed by atoms with Gasteiger partial charge in [0.25, 0.3) is 0 Å². The van der Waals surface area contributed by atoms with Crippen molar-refractivity contribution in [2.75, 3.05) is 6.54 Å². The minimum Gasteiger partial charge on any atom is -0.443 e. The topological polar surface area (TPSA) is 55.8 Å². The number of nitrogens with zero attached hydrogens (tertiary/aromatic N) is 1. The number of ether oxygens (including phenoxy) is 2. The number of hydrogen-bond acceptors (Lipinski definition) is 4. The molecule has 0 fully saturated rings. The van der Waals surface area contributed by atoms with Crippen LogP contribution in [0.2, 0.25) is 0 Å². The largest absolute Gasteiger partial charge is 0.443 e. The van der Waals surface area contributed by atoms with Gasteiger partial charge in [0.15, 0.2) is 0 Å². The van der Waals surface area contributed by atoms with Crippen LogP contribution in [0.25, 0.3) is 0 Å². The molecule has 0 radical (unpaired) electrons. The van der Waals surface area contributed by atoms with E-state index in [4.69, 9.17) is 9.47 Å². The maximum atomic E-state index is 12.4. The molecule has 0 spiro atoms. The van der Waals surface area contributed by atoms with Gasteiger partial charge >= 0.3 is 12.2 Å². The maximum absolute atomic E-state index is 12.4. The van der Waals surface area contributed by atoms with E-state index in [0.29, 0.717) is 6.54 Å². The van der Waals surface area contributed by atoms with E-state index in [9.17, 15) is 9.59 Å². The molecule has 27 heavy (non-hydrogen) atoms. The number of allylic oxidation sites excluding steroid dienone is 1. The average Bonchev–Trinajstić information content (AvgIpc) is 2.49. The molecule has 0 aromatic heterocycles. The predicted octanol–water partition coefficient (Wildman–Crippen LogP) is 6.86. The zero-order valence-corrected chi connectivity index (χ0v) is 18.4. The van der Waals surface area contributed by atoms with Gasteiger partial charge in [-0.05, 0) is 60.8 Å². The third-order valence-corrected chi connectivity index (χ3v) is 3.77. The Labute approximate surface area is 166 Å². The summed E-state index contributed by atoms with van der Waals surface area (Å²) in [7, 11) is 0. The van der Waals surface area contributed by atoms with Crippen molar-refractivity contribution in [2.24, 2.45) is 0 Å². The number of carbonyl (C=O) groups excluding carboxylic acids is 2. The molecule has 2 amide bonds. The van der Waals surface area contributed by atoms with E-state index < -0.39 is 23.4 Å². The molecule has 0 aliphatic rings. The SMILES string of the molecule is C=CCCCCCCCCCCN(C(=O)OC(C)(C)C)C(=O)OC(C)(C)C. The van der Waals surface area contributed by atoms with Crippen molar-refractivity contribution in [1.82, 2.24) is 4.90 Å². The van der Waals surface area contributed by atoms with Crippen LogP contribution in [0.4, 0.5) is 9.59 Å². The van der Waals surface area contributed by atoms with Crippen molar-refractivity contribution in [3.05, 3.63) is 12.7 Å². The molecule has 0 aromatic rings. The first-order valence-electron chi connectivity index (χ1n) is 10.3. The highest BCUT2D eigenvalue weighted by Gasteiger charge is 2.30. The third-order valence-electron chi connectivity index (χ3n) is 3.77. The van der Waals surface area contributed by atoms with Gasteiger partial charge in [-0.1, -0.05) is 44.6 Å². The van der Waals surface area contributed by atoms with Gasteiger partial charge in [0, 0.05) is 6.54 Å². The van der Waals surface area contributed by atoms with Gasteiger partial charge in [-0.2, -0.15) is 0 Å². The highest BCUT2D eigenvalue weighted by molar-refractivity contribution is 5.88. The van der Waals surface area contributed by atoms with E-state index in [1.165, 1.54) is 32.1 Å². The van der Waals surface area contributed by atoms with E-state index in [1.807, 2.05) is 6.08 Å². The van der Waals surface area contributed by atoms with Crippen LogP contribution in [0.15, 0.2) is 12.7 Å². The Bertz CT molecular complexity index is 418. The summed E-state index contributed by atoms with van der Waals surface area (Å²) in [6.45, 7) is 14.8. The van der Waals surface area contributed by atoms with E-state index in [2.05, 4.69) is 6.58 Å². The summed E-state index contributed by atoms with van der Waals surface area (Å²) in [6, 6.07) is 0. The zero-order valence-electron chi connectivity index (χ0n) is 18.4. The first-order chi connectivity index (χ1) is 12.5. The predicted molar refractivity (Wildman–Crippen MR) is 111 cm³/mol. The molecule has 0 atom stereocenters. The minimum atomic E-state index is -0.650. The van der Waals surface area contributed by atoms with Crippen molar-refractivity contribution >= 4 is 12.2 Å². The molecule has 0 bridgehead atoms. The van der Waals surface area contributed by atoms with Crippen molar-refractivity contribution in [2.45, 2.75) is 111 Å². The fraction of sp³-hybridized carbons (Fsp3) is 0.818. The van der Waals surface area contributed by atoms with Crippen LogP contribution in [0.3, 0.4) is 0 Å². The number of unbranched alkanes of at least 4 members (excludes halogenated alkanes) is 8. The van der Waals surface area contributed by atoms with E-state index in [-0.39, 0.29) is 0 Å². The van der Waals surface area contributed by atoms with Crippen molar-refractivity contribution in [3.63, 3.8) is 0 Å². The smallest absolute Gasteiger partial charge is 0.419 e. The van der Waals surface area contributed by atoms with Gasteiger partial charge in [-0.25, -0.2) is 14.5 Å². The highest BCUT2D eigenvalue weighted by atomic mass is 16.6. The van der Waals surface area contributed by atoms with Gasteiger partial charge in [-0.3, -0.25) is 0 Å². The van der Waals surface area contributed by atoms with Crippen LogP contribution in [0, 0.1) is 0 Å². The number of carbonyl (C=O) groups is 2. The summed E-state index contributed by atoms with van der Waals surface area (Å²) in [5.74, 6) is 0. The maximum Gasteiger partial charge on any atom is 0.419 e. The van der Waals surface area contributed by atoms with Gasteiger partial charge < -0.3 is 9.47 Å². The highest BCUT2D eigenvalue weighted by Crippen LogP contribution is 2.16. The Balaban J connectivity index is 4.30. The van der Waals surface area contributed by atoms with Crippen LogP contribution in [-0.4, -0.2) is 34.8 Å². The number of imide groups is 1. The molecule has 5 nitrogen and oxygen atoms in total. The molecular formula is C22H41NO4. The Hall–Kier alpha value is -1.52. The lowest BCUT2D eigenvalue weighted by Gasteiger charge is -2.28. The van der Waals surface area contributed by atoms with Crippen LogP contribution < -0.4 is 0 Å². The van der Waals surface area contributed by atoms with Crippen molar-refractivity contribution in [3.8, 4) is 0 Å². The molecule has 0 aromatic carbocycles. The standard InChI is InChI=1S/C22H41NO4/c1-8-9-10-11-12-13-14-15-16-17-18-23(19(24)26-21(2,3)4)20(25)27-22(5,6)7/h8H,1,9-18H2,2-7H3. The summed E-state index contributed by atoms with van der Waals surface area (Å²) in [5.41, 5.74) is -1.30. The molecule has 0 unspecified atom stereocenters. The summed E-state index contributed by atoms with van der Waals surface area (Å²) in [4.78, 5) is 25.8. The molecule has 5 heteroatoms. The van der Waals surface area contributed by atoms with E-state index >= 15 is 0 Å². The summed E-state index contributed by atoms with van der Waals surface area (Å²) in [5, 5.41) is 0. The van der Waals surface area contributed by atoms with Crippen LogP contribution in [0.1, 0.15) is 99.3 Å². The summed E-state index contributed by atoms with van der Waals surface area (Å²) < 4.78 is 10.7. The van der Waals surface area contributed by atoms with Gasteiger partial charge in [0.2, 0.25) is 0 Å². The molecular weight excluding hydrogens is 342 g/mol. The minimum absolute atomic E-state index is 0.323. The monoisotopic (exact) mass is 383 g/mol. The van der Waals surface area contributed by atoms with E-state index in [0.717, 1.165) is 30.6 Å². The zero-order chi connectivity index (χ0) is 20.9. The van der Waals surface area contributed by atoms with Crippen molar-refractivity contribution < 1.29 is 19.1 Å². The van der Waals surface area contributed by atoms with E-state index in [1.54, 1.807) is 41.5 Å². The fourth-order valence-electron chi connectivity index (χ4n) is 2.51. The van der Waals surface area contributed by atoms with Crippen molar-refractivity contribution in [1.29, 1.82) is 0 Å². The first kappa shape index (κ1) is 25.5. The lowest BCUT2D eigenvalue weighted by atomic mass is 10.1. The molecule has 0 heterocycles. The Kier molecular flexibility index (Phi) is 12.1. The molecule has 0 saturated carbocycles. The lowest BCUT2D eigenvalue weighted by Crippen LogP contribution is -2.44. The number of rotatable bonds is 11. The molecule has 0 aliphatic heterocycles. The second-order valence-corrected chi connectivity index (χ2v) is 9.02. The molecule has 0 saturated heterocycles. The van der Waals surface area contributed by atoms with Crippen LogP contribution >= 0.6 is 0 Å². The quantitative estimate of drug-likeness (QED) is 0.289. The van der Waals surface area contributed by atoms with Gasteiger partial charge in [0.1, 0.15) is 11.2 Å². The number of hydrogen-bond donors (Lipinski definition) is 0. The number of amides is 2. The third kappa shape index (κ3) is 15.3. The summed E-state index contributed by atoms with van der Waals surface area (Å²) in [6.07, 6.45) is 10.8. The van der Waals surface area contributed by atoms with Crippen LogP contribution in [-0.2, 0) is 9.47 Å². The van der Waals surface area contributed by atoms with Gasteiger partial charge in [-0.15, -0.1) is 6.58 Å².